The fourth-order valence-corrected chi connectivity index (χ4v) is 1.60. The summed E-state index contributed by atoms with van der Waals surface area (Å²) in [6, 6.07) is -0.678. The van der Waals surface area contributed by atoms with Crippen LogP contribution in [0, 0.1) is 0 Å². The molecule has 0 fully saturated rings. The maximum absolute atomic E-state index is 5.98. The molecule has 104 valence electrons. The highest BCUT2D eigenvalue weighted by molar-refractivity contribution is 4.78. The molecule has 7 nitrogen and oxygen atoms in total. The second-order valence-electron chi connectivity index (χ2n) is 3.32. The van der Waals surface area contributed by atoms with E-state index in [-0.39, 0.29) is 6.42 Å². The Bertz CT molecular complexity index is 188. The summed E-state index contributed by atoms with van der Waals surface area (Å²) in [5.74, 6) is -2.64. The fraction of sp³-hybridized carbons (Fsp3) is 1.00. The van der Waals surface area contributed by atoms with Gasteiger partial charge in [0.1, 0.15) is 0 Å². The highest BCUT2D eigenvalue weighted by Gasteiger charge is 2.44. The van der Waals surface area contributed by atoms with Crippen LogP contribution in [0.4, 0.5) is 0 Å². The molecular formula is C10H23NO6. The first-order valence-corrected chi connectivity index (χ1v) is 5.06. The van der Waals surface area contributed by atoms with Crippen LogP contribution in [-0.2, 0) is 28.4 Å². The van der Waals surface area contributed by atoms with Gasteiger partial charge >= 0.3 is 0 Å². The molecule has 7 heteroatoms. The molecular weight excluding hydrogens is 230 g/mol. The third-order valence-corrected chi connectivity index (χ3v) is 2.71. The average Bonchev–Trinajstić information content (AvgIpc) is 2.39. The summed E-state index contributed by atoms with van der Waals surface area (Å²) < 4.78 is 30.9. The second-order valence-corrected chi connectivity index (χ2v) is 3.32. The molecule has 0 radical (unpaired) electrons. The van der Waals surface area contributed by atoms with Gasteiger partial charge in [0.2, 0.25) is 0 Å². The van der Waals surface area contributed by atoms with Gasteiger partial charge in [0.25, 0.3) is 11.9 Å². The molecule has 2 N–H and O–H groups in total. The zero-order valence-corrected chi connectivity index (χ0v) is 11.3. The van der Waals surface area contributed by atoms with E-state index in [1.807, 2.05) is 0 Å². The van der Waals surface area contributed by atoms with Crippen molar-refractivity contribution in [1.82, 2.24) is 0 Å². The van der Waals surface area contributed by atoms with E-state index in [1.165, 1.54) is 42.7 Å². The molecule has 17 heavy (non-hydrogen) atoms. The monoisotopic (exact) mass is 253 g/mol. The topological polar surface area (TPSA) is 81.4 Å². The minimum atomic E-state index is -1.37. The Kier molecular flexibility index (Phi) is 7.10. The van der Waals surface area contributed by atoms with Gasteiger partial charge < -0.3 is 34.2 Å². The lowest BCUT2D eigenvalue weighted by atomic mass is 10.1. The summed E-state index contributed by atoms with van der Waals surface area (Å²) in [6.45, 7) is 0. The third kappa shape index (κ3) is 3.59. The van der Waals surface area contributed by atoms with E-state index in [4.69, 9.17) is 34.2 Å². The molecule has 0 aliphatic carbocycles. The number of hydrogen-bond acceptors (Lipinski definition) is 7. The van der Waals surface area contributed by atoms with E-state index >= 15 is 0 Å². The standard InChI is InChI=1S/C10H23NO6/c1-12-9(13-2,14-3)7-8(11)10(15-4,16-5)17-6/h8H,7,11H2,1-6H3. The minimum absolute atomic E-state index is 0.159. The van der Waals surface area contributed by atoms with Gasteiger partial charge in [0.05, 0.1) is 12.5 Å². The van der Waals surface area contributed by atoms with Gasteiger partial charge in [-0.25, -0.2) is 0 Å². The van der Waals surface area contributed by atoms with E-state index in [9.17, 15) is 0 Å². The van der Waals surface area contributed by atoms with E-state index in [2.05, 4.69) is 0 Å². The third-order valence-electron chi connectivity index (χ3n) is 2.71. The Hall–Kier alpha value is -0.280. The molecule has 0 aliphatic heterocycles. The Labute approximate surface area is 102 Å². The summed E-state index contributed by atoms with van der Waals surface area (Å²) >= 11 is 0. The molecule has 0 rings (SSSR count). The van der Waals surface area contributed by atoms with Gasteiger partial charge in [0, 0.05) is 42.7 Å². The molecule has 0 bridgehead atoms. The Morgan fingerprint density at radius 3 is 1.35 bits per heavy atom. The molecule has 0 aromatic heterocycles. The van der Waals surface area contributed by atoms with E-state index in [1.54, 1.807) is 0 Å². The van der Waals surface area contributed by atoms with Crippen LogP contribution in [0.25, 0.3) is 0 Å². The zero-order valence-electron chi connectivity index (χ0n) is 11.3. The second kappa shape index (κ2) is 7.22. The van der Waals surface area contributed by atoms with Gasteiger partial charge in [-0.3, -0.25) is 0 Å². The van der Waals surface area contributed by atoms with Gasteiger partial charge in [-0.15, -0.1) is 0 Å². The molecule has 0 aromatic rings. The number of ether oxygens (including phenoxy) is 6. The highest BCUT2D eigenvalue weighted by Crippen LogP contribution is 2.26. The smallest absolute Gasteiger partial charge is 0.298 e. The lowest BCUT2D eigenvalue weighted by molar-refractivity contribution is -0.395. The number of hydrogen-bond donors (Lipinski definition) is 1. The lowest BCUT2D eigenvalue weighted by Gasteiger charge is -2.38. The van der Waals surface area contributed by atoms with Crippen LogP contribution in [0.5, 0.6) is 0 Å². The summed E-state index contributed by atoms with van der Waals surface area (Å²) in [4.78, 5) is 0. The van der Waals surface area contributed by atoms with Crippen molar-refractivity contribution in [2.45, 2.75) is 24.4 Å². The lowest BCUT2D eigenvalue weighted by Crippen LogP contribution is -2.56. The summed E-state index contributed by atoms with van der Waals surface area (Å²) in [6.07, 6.45) is 0.159. The first kappa shape index (κ1) is 16.7. The first-order valence-electron chi connectivity index (χ1n) is 5.06. The quantitative estimate of drug-likeness (QED) is 0.574. The van der Waals surface area contributed by atoms with E-state index < -0.39 is 18.0 Å². The fourth-order valence-electron chi connectivity index (χ4n) is 1.60. The molecule has 0 spiro atoms. The van der Waals surface area contributed by atoms with Crippen molar-refractivity contribution < 1.29 is 28.4 Å². The maximum Gasteiger partial charge on any atom is 0.298 e. The summed E-state index contributed by atoms with van der Waals surface area (Å²) in [7, 11) is 8.65. The van der Waals surface area contributed by atoms with Crippen molar-refractivity contribution in [3.05, 3.63) is 0 Å². The van der Waals surface area contributed by atoms with Crippen LogP contribution in [0.15, 0.2) is 0 Å². The summed E-state index contributed by atoms with van der Waals surface area (Å²) in [5.41, 5.74) is 5.98. The van der Waals surface area contributed by atoms with Crippen LogP contribution in [-0.4, -0.2) is 60.6 Å². The largest absolute Gasteiger partial charge is 0.331 e. The Balaban J connectivity index is 4.85. The van der Waals surface area contributed by atoms with Gasteiger partial charge in [0.15, 0.2) is 0 Å². The molecule has 0 heterocycles. The van der Waals surface area contributed by atoms with Crippen molar-refractivity contribution >= 4 is 0 Å². The molecule has 0 saturated carbocycles. The van der Waals surface area contributed by atoms with Crippen molar-refractivity contribution in [2.75, 3.05) is 42.7 Å². The van der Waals surface area contributed by atoms with Crippen LogP contribution in [0.1, 0.15) is 6.42 Å². The highest BCUT2D eigenvalue weighted by atomic mass is 16.9. The van der Waals surface area contributed by atoms with Gasteiger partial charge in [-0.05, 0) is 0 Å². The number of methoxy groups -OCH3 is 6. The van der Waals surface area contributed by atoms with Gasteiger partial charge in [-0.2, -0.15) is 0 Å². The molecule has 0 aliphatic rings. The zero-order chi connectivity index (χ0) is 13.5. The first-order chi connectivity index (χ1) is 7.99. The van der Waals surface area contributed by atoms with E-state index in [0.29, 0.717) is 0 Å². The molecule has 0 saturated heterocycles. The SMILES string of the molecule is COC(CC(N)C(OC)(OC)OC)(OC)OC. The number of rotatable bonds is 9. The summed E-state index contributed by atoms with van der Waals surface area (Å²) in [5, 5.41) is 0. The molecule has 0 aromatic carbocycles. The van der Waals surface area contributed by atoms with Gasteiger partial charge in [-0.1, -0.05) is 0 Å². The van der Waals surface area contributed by atoms with E-state index in [0.717, 1.165) is 0 Å². The molecule has 0 amide bonds. The van der Waals surface area contributed by atoms with Crippen LogP contribution in [0.3, 0.4) is 0 Å². The van der Waals surface area contributed by atoms with Crippen LogP contribution < -0.4 is 5.73 Å². The minimum Gasteiger partial charge on any atom is -0.331 e. The predicted octanol–water partition coefficient (Wildman–Crippen LogP) is -0.110. The van der Waals surface area contributed by atoms with Crippen molar-refractivity contribution in [2.24, 2.45) is 5.73 Å². The molecule has 1 unspecified atom stereocenters. The predicted molar refractivity (Wildman–Crippen MR) is 60.1 cm³/mol. The van der Waals surface area contributed by atoms with Crippen LogP contribution in [0.2, 0.25) is 0 Å². The average molecular weight is 253 g/mol. The van der Waals surface area contributed by atoms with Crippen molar-refractivity contribution in [1.29, 1.82) is 0 Å². The number of nitrogens with two attached hydrogens (primary N) is 1. The van der Waals surface area contributed by atoms with Crippen LogP contribution >= 0.6 is 0 Å². The van der Waals surface area contributed by atoms with Crippen molar-refractivity contribution in [3.63, 3.8) is 0 Å². The molecule has 1 atom stereocenters. The Morgan fingerprint density at radius 2 is 1.12 bits per heavy atom. The normalized spacial score (nSPS) is 15.0. The Morgan fingerprint density at radius 1 is 0.765 bits per heavy atom. The maximum atomic E-state index is 5.98. The van der Waals surface area contributed by atoms with Crippen molar-refractivity contribution in [3.8, 4) is 0 Å².